The molecule has 2 rings (SSSR count). The van der Waals surface area contributed by atoms with E-state index in [4.69, 9.17) is 4.74 Å². The summed E-state index contributed by atoms with van der Waals surface area (Å²) in [6, 6.07) is 10.9. The predicted molar refractivity (Wildman–Crippen MR) is 99.3 cm³/mol. The number of ether oxygens (including phenoxy) is 1. The molecule has 0 fully saturated rings. The quantitative estimate of drug-likeness (QED) is 0.848. The third-order valence-electron chi connectivity index (χ3n) is 4.00. The van der Waals surface area contributed by atoms with Gasteiger partial charge in [0.05, 0.1) is 7.11 Å². The molecule has 0 atom stereocenters. The molecule has 0 aromatic heterocycles. The van der Waals surface area contributed by atoms with Gasteiger partial charge in [-0.05, 0) is 67.3 Å². The van der Waals surface area contributed by atoms with Gasteiger partial charge in [-0.1, -0.05) is 6.07 Å². The Morgan fingerprint density at radius 2 is 1.72 bits per heavy atom. The molecular formula is C20H24N2O3. The first-order valence-corrected chi connectivity index (χ1v) is 8.20. The van der Waals surface area contributed by atoms with Crippen molar-refractivity contribution in [3.05, 3.63) is 58.7 Å². The molecular weight excluding hydrogens is 316 g/mol. The van der Waals surface area contributed by atoms with Crippen molar-refractivity contribution in [1.29, 1.82) is 0 Å². The Labute approximate surface area is 148 Å². The lowest BCUT2D eigenvalue weighted by molar-refractivity contribution is -0.114. The second-order valence-corrected chi connectivity index (χ2v) is 6.01. The van der Waals surface area contributed by atoms with Crippen LogP contribution in [0.3, 0.4) is 0 Å². The fourth-order valence-corrected chi connectivity index (χ4v) is 2.66. The Hall–Kier alpha value is -2.82. The minimum Gasteiger partial charge on any atom is -0.496 e. The first-order chi connectivity index (χ1) is 11.9. The molecule has 2 amide bonds. The van der Waals surface area contributed by atoms with Crippen molar-refractivity contribution in [2.24, 2.45) is 0 Å². The van der Waals surface area contributed by atoms with Crippen molar-refractivity contribution in [2.75, 3.05) is 19.0 Å². The number of rotatable bonds is 6. The van der Waals surface area contributed by atoms with Crippen LogP contribution in [0, 0.1) is 13.8 Å². The van der Waals surface area contributed by atoms with Gasteiger partial charge in [-0.25, -0.2) is 0 Å². The Balaban J connectivity index is 1.92. The molecule has 0 unspecified atom stereocenters. The van der Waals surface area contributed by atoms with Crippen molar-refractivity contribution < 1.29 is 14.3 Å². The van der Waals surface area contributed by atoms with Crippen LogP contribution < -0.4 is 15.4 Å². The highest BCUT2D eigenvalue weighted by Gasteiger charge is 2.08. The van der Waals surface area contributed by atoms with Crippen LogP contribution in [0.1, 0.15) is 34.0 Å². The molecule has 2 N–H and O–H groups in total. The number of hydrogen-bond donors (Lipinski definition) is 2. The number of carbonyl (C=O) groups is 2. The topological polar surface area (TPSA) is 67.4 Å². The van der Waals surface area contributed by atoms with Gasteiger partial charge in [0, 0.05) is 24.7 Å². The summed E-state index contributed by atoms with van der Waals surface area (Å²) in [7, 11) is 1.67. The molecule has 0 aliphatic carbocycles. The molecule has 2 aromatic rings. The summed E-state index contributed by atoms with van der Waals surface area (Å²) in [5, 5.41) is 5.60. The number of benzene rings is 2. The van der Waals surface area contributed by atoms with Gasteiger partial charge in [0.15, 0.2) is 0 Å². The van der Waals surface area contributed by atoms with Gasteiger partial charge >= 0.3 is 0 Å². The molecule has 132 valence electrons. The highest BCUT2D eigenvalue weighted by Crippen LogP contribution is 2.22. The number of amides is 2. The summed E-state index contributed by atoms with van der Waals surface area (Å²) in [6.45, 7) is 6.05. The molecule has 0 radical (unpaired) electrons. The highest BCUT2D eigenvalue weighted by molar-refractivity contribution is 5.95. The normalized spacial score (nSPS) is 10.2. The second-order valence-electron chi connectivity index (χ2n) is 6.01. The van der Waals surface area contributed by atoms with Gasteiger partial charge < -0.3 is 15.4 Å². The molecule has 0 aliphatic rings. The molecule has 25 heavy (non-hydrogen) atoms. The lowest BCUT2D eigenvalue weighted by Gasteiger charge is -2.12. The molecule has 0 aliphatic heterocycles. The lowest BCUT2D eigenvalue weighted by atomic mass is 10.0. The fraction of sp³-hybridized carbons (Fsp3) is 0.300. The highest BCUT2D eigenvalue weighted by atomic mass is 16.5. The van der Waals surface area contributed by atoms with Crippen LogP contribution in [-0.2, 0) is 11.2 Å². The maximum Gasteiger partial charge on any atom is 0.251 e. The minimum absolute atomic E-state index is 0.128. The van der Waals surface area contributed by atoms with E-state index in [9.17, 15) is 9.59 Å². The van der Waals surface area contributed by atoms with Crippen LogP contribution >= 0.6 is 0 Å². The van der Waals surface area contributed by atoms with Crippen LogP contribution in [0.5, 0.6) is 5.75 Å². The fourth-order valence-electron chi connectivity index (χ4n) is 2.66. The Bertz CT molecular complexity index is 767. The maximum absolute atomic E-state index is 12.2. The molecule has 0 spiro atoms. The number of nitrogens with one attached hydrogen (secondary N) is 2. The monoisotopic (exact) mass is 340 g/mol. The van der Waals surface area contributed by atoms with E-state index in [0.29, 0.717) is 17.8 Å². The number of anilines is 1. The van der Waals surface area contributed by atoms with Crippen LogP contribution in [0.15, 0.2) is 36.4 Å². The summed E-state index contributed by atoms with van der Waals surface area (Å²) in [6.07, 6.45) is 0.756. The van der Waals surface area contributed by atoms with Crippen LogP contribution in [0.2, 0.25) is 0 Å². The number of hydrogen-bond acceptors (Lipinski definition) is 3. The van der Waals surface area contributed by atoms with E-state index in [2.05, 4.69) is 16.7 Å². The minimum atomic E-state index is -0.137. The van der Waals surface area contributed by atoms with Gasteiger partial charge in [-0.15, -0.1) is 0 Å². The molecule has 0 bridgehead atoms. The third kappa shape index (κ3) is 5.08. The Kier molecular flexibility index (Phi) is 6.17. The van der Waals surface area contributed by atoms with Crippen molar-refractivity contribution in [1.82, 2.24) is 5.32 Å². The average Bonchev–Trinajstić information content (AvgIpc) is 2.57. The first-order valence-electron chi connectivity index (χ1n) is 8.20. The zero-order valence-electron chi connectivity index (χ0n) is 15.1. The van der Waals surface area contributed by atoms with Crippen LogP contribution in [0.25, 0.3) is 0 Å². The van der Waals surface area contributed by atoms with Crippen molar-refractivity contribution >= 4 is 17.5 Å². The van der Waals surface area contributed by atoms with Gasteiger partial charge in [-0.2, -0.15) is 0 Å². The zero-order valence-corrected chi connectivity index (χ0v) is 15.1. The van der Waals surface area contributed by atoms with Crippen molar-refractivity contribution in [3.63, 3.8) is 0 Å². The molecule has 0 saturated carbocycles. The number of methoxy groups -OCH3 is 1. The summed E-state index contributed by atoms with van der Waals surface area (Å²) >= 11 is 0. The smallest absolute Gasteiger partial charge is 0.251 e. The maximum atomic E-state index is 12.2. The first kappa shape index (κ1) is 18.5. The van der Waals surface area contributed by atoms with E-state index >= 15 is 0 Å². The van der Waals surface area contributed by atoms with Crippen LogP contribution in [-0.4, -0.2) is 25.5 Å². The summed E-state index contributed by atoms with van der Waals surface area (Å²) in [5.41, 5.74) is 4.67. The summed E-state index contributed by atoms with van der Waals surface area (Å²) in [5.74, 6) is 0.615. The van der Waals surface area contributed by atoms with Gasteiger partial charge in [-0.3, -0.25) is 9.59 Å². The van der Waals surface area contributed by atoms with Crippen LogP contribution in [0.4, 0.5) is 5.69 Å². The predicted octanol–water partition coefficient (Wildman–Crippen LogP) is 3.24. The standard InChI is InChI=1S/C20H24N2O3/c1-13-12-19(25-4)14(2)11-17(13)9-10-21-20(24)16-5-7-18(8-6-16)22-15(3)23/h5-8,11-12H,9-10H2,1-4H3,(H,21,24)(H,22,23). The summed E-state index contributed by atoms with van der Waals surface area (Å²) in [4.78, 5) is 23.2. The average molecular weight is 340 g/mol. The van der Waals surface area contributed by atoms with Gasteiger partial charge in [0.1, 0.15) is 5.75 Å². The second kappa shape index (κ2) is 8.33. The van der Waals surface area contributed by atoms with E-state index in [1.54, 1.807) is 31.4 Å². The van der Waals surface area contributed by atoms with E-state index in [1.807, 2.05) is 19.9 Å². The zero-order chi connectivity index (χ0) is 18.4. The Morgan fingerprint density at radius 1 is 1.04 bits per heavy atom. The molecule has 0 heterocycles. The molecule has 5 nitrogen and oxygen atoms in total. The van der Waals surface area contributed by atoms with E-state index < -0.39 is 0 Å². The summed E-state index contributed by atoms with van der Waals surface area (Å²) < 4.78 is 5.32. The third-order valence-corrected chi connectivity index (χ3v) is 4.00. The van der Waals surface area contributed by atoms with E-state index in [1.165, 1.54) is 12.5 Å². The molecule has 2 aromatic carbocycles. The largest absolute Gasteiger partial charge is 0.496 e. The molecule has 0 saturated heterocycles. The van der Waals surface area contributed by atoms with Gasteiger partial charge in [0.2, 0.25) is 5.91 Å². The number of carbonyl (C=O) groups excluding carboxylic acids is 2. The number of aryl methyl sites for hydroxylation is 2. The van der Waals surface area contributed by atoms with E-state index in [0.717, 1.165) is 23.3 Å². The SMILES string of the molecule is COc1cc(C)c(CCNC(=O)c2ccc(NC(C)=O)cc2)cc1C. The van der Waals surface area contributed by atoms with Crippen molar-refractivity contribution in [2.45, 2.75) is 27.2 Å². The van der Waals surface area contributed by atoms with Gasteiger partial charge in [0.25, 0.3) is 5.91 Å². The molecule has 5 heteroatoms. The Morgan fingerprint density at radius 3 is 2.32 bits per heavy atom. The lowest BCUT2D eigenvalue weighted by Crippen LogP contribution is -2.25. The van der Waals surface area contributed by atoms with Crippen molar-refractivity contribution in [3.8, 4) is 5.75 Å². The van der Waals surface area contributed by atoms with E-state index in [-0.39, 0.29) is 11.8 Å².